The molecule has 118 valence electrons. The molecule has 0 spiro atoms. The first-order valence-corrected chi connectivity index (χ1v) is 7.79. The SMILES string of the molecule is CC(=O)c1c(C)nc2c(OCc3c(Cl)cccc3Cl)cccn12. The van der Waals surface area contributed by atoms with Crippen LogP contribution in [-0.4, -0.2) is 15.2 Å². The number of aryl methyl sites for hydroxylation is 1. The van der Waals surface area contributed by atoms with Crippen LogP contribution in [0.25, 0.3) is 5.65 Å². The van der Waals surface area contributed by atoms with E-state index in [2.05, 4.69) is 4.98 Å². The molecule has 23 heavy (non-hydrogen) atoms. The number of carbonyl (C=O) groups is 1. The number of ether oxygens (including phenoxy) is 1. The summed E-state index contributed by atoms with van der Waals surface area (Å²) in [5.41, 5.74) is 2.54. The quantitative estimate of drug-likeness (QED) is 0.640. The second kappa shape index (κ2) is 6.22. The Morgan fingerprint density at radius 3 is 2.57 bits per heavy atom. The van der Waals surface area contributed by atoms with Gasteiger partial charge in [-0.3, -0.25) is 9.20 Å². The van der Waals surface area contributed by atoms with Crippen molar-refractivity contribution in [1.29, 1.82) is 0 Å². The van der Waals surface area contributed by atoms with Crippen molar-refractivity contribution in [3.63, 3.8) is 0 Å². The molecule has 0 aliphatic carbocycles. The number of halogens is 2. The van der Waals surface area contributed by atoms with Crippen molar-refractivity contribution in [2.75, 3.05) is 0 Å². The number of Topliss-reactive ketones (excluding diaryl/α,β-unsaturated/α-hetero) is 1. The Hall–Kier alpha value is -2.04. The van der Waals surface area contributed by atoms with Crippen molar-refractivity contribution in [1.82, 2.24) is 9.38 Å². The van der Waals surface area contributed by atoms with E-state index < -0.39 is 0 Å². The smallest absolute Gasteiger partial charge is 0.180 e. The number of pyridine rings is 1. The van der Waals surface area contributed by atoms with Crippen LogP contribution in [0, 0.1) is 6.92 Å². The molecule has 0 unspecified atom stereocenters. The second-order valence-corrected chi connectivity index (χ2v) is 5.97. The van der Waals surface area contributed by atoms with Crippen LogP contribution in [0.1, 0.15) is 28.7 Å². The molecule has 0 radical (unpaired) electrons. The standard InChI is InChI=1S/C17H14Cl2N2O2/c1-10-16(11(2)22)21-8-4-7-15(17(21)20-10)23-9-12-13(18)5-3-6-14(12)19/h3-8H,9H2,1-2H3. The topological polar surface area (TPSA) is 43.6 Å². The van der Waals surface area contributed by atoms with Crippen LogP contribution >= 0.6 is 23.2 Å². The van der Waals surface area contributed by atoms with Crippen LogP contribution in [0.15, 0.2) is 36.5 Å². The van der Waals surface area contributed by atoms with E-state index in [4.69, 9.17) is 27.9 Å². The summed E-state index contributed by atoms with van der Waals surface area (Å²) < 4.78 is 7.59. The lowest BCUT2D eigenvalue weighted by Gasteiger charge is -2.10. The molecule has 0 bridgehead atoms. The molecule has 0 N–H and O–H groups in total. The molecule has 0 fully saturated rings. The first kappa shape index (κ1) is 15.8. The predicted molar refractivity (Wildman–Crippen MR) is 90.7 cm³/mol. The number of benzene rings is 1. The van der Waals surface area contributed by atoms with Gasteiger partial charge in [-0.1, -0.05) is 29.3 Å². The Kier molecular flexibility index (Phi) is 4.28. The van der Waals surface area contributed by atoms with Crippen molar-refractivity contribution >= 4 is 34.6 Å². The minimum Gasteiger partial charge on any atom is -0.485 e. The minimum absolute atomic E-state index is 0.0405. The number of hydrogen-bond acceptors (Lipinski definition) is 3. The normalized spacial score (nSPS) is 11.0. The third kappa shape index (κ3) is 2.92. The van der Waals surface area contributed by atoms with Gasteiger partial charge in [0.1, 0.15) is 12.3 Å². The molecule has 1 aromatic carbocycles. The Morgan fingerprint density at radius 1 is 1.22 bits per heavy atom. The van der Waals surface area contributed by atoms with Crippen molar-refractivity contribution in [3.05, 3.63) is 63.5 Å². The highest BCUT2D eigenvalue weighted by Gasteiger charge is 2.16. The van der Waals surface area contributed by atoms with Gasteiger partial charge in [0.25, 0.3) is 0 Å². The van der Waals surface area contributed by atoms with Crippen LogP contribution in [-0.2, 0) is 6.61 Å². The van der Waals surface area contributed by atoms with Crippen molar-refractivity contribution in [2.45, 2.75) is 20.5 Å². The molecule has 3 rings (SSSR count). The third-order valence-electron chi connectivity index (χ3n) is 3.56. The van der Waals surface area contributed by atoms with E-state index in [1.807, 2.05) is 6.07 Å². The fourth-order valence-electron chi connectivity index (χ4n) is 2.51. The summed E-state index contributed by atoms with van der Waals surface area (Å²) in [6.07, 6.45) is 1.79. The molecule has 2 heterocycles. The van der Waals surface area contributed by atoms with E-state index in [1.54, 1.807) is 41.8 Å². The third-order valence-corrected chi connectivity index (χ3v) is 4.26. The number of ketones is 1. The van der Waals surface area contributed by atoms with Crippen LogP contribution in [0.4, 0.5) is 0 Å². The van der Waals surface area contributed by atoms with E-state index in [0.717, 1.165) is 0 Å². The number of aromatic nitrogens is 2. The van der Waals surface area contributed by atoms with E-state index >= 15 is 0 Å². The Bertz CT molecular complexity index is 883. The average Bonchev–Trinajstić information content (AvgIpc) is 2.83. The highest BCUT2D eigenvalue weighted by atomic mass is 35.5. The van der Waals surface area contributed by atoms with Crippen LogP contribution in [0.3, 0.4) is 0 Å². The summed E-state index contributed by atoms with van der Waals surface area (Å²) in [5.74, 6) is 0.528. The van der Waals surface area contributed by atoms with E-state index in [0.29, 0.717) is 38.4 Å². The highest BCUT2D eigenvalue weighted by Crippen LogP contribution is 2.28. The minimum atomic E-state index is -0.0405. The zero-order valence-corrected chi connectivity index (χ0v) is 14.1. The van der Waals surface area contributed by atoms with Gasteiger partial charge in [-0.25, -0.2) is 4.98 Å². The Balaban J connectivity index is 1.98. The summed E-state index contributed by atoms with van der Waals surface area (Å²) in [6, 6.07) is 8.92. The number of hydrogen-bond donors (Lipinski definition) is 0. The lowest BCUT2D eigenvalue weighted by molar-refractivity contribution is 0.101. The average molecular weight is 349 g/mol. The lowest BCUT2D eigenvalue weighted by Crippen LogP contribution is -2.02. The monoisotopic (exact) mass is 348 g/mol. The summed E-state index contributed by atoms with van der Waals surface area (Å²) in [7, 11) is 0. The molecule has 0 aliphatic rings. The van der Waals surface area contributed by atoms with Gasteiger partial charge in [0, 0.05) is 28.7 Å². The molecule has 6 heteroatoms. The van der Waals surface area contributed by atoms with E-state index in [1.165, 1.54) is 6.92 Å². The molecule has 0 atom stereocenters. The number of carbonyl (C=O) groups excluding carboxylic acids is 1. The first-order chi connectivity index (χ1) is 11.0. The van der Waals surface area contributed by atoms with E-state index in [9.17, 15) is 4.79 Å². The fraction of sp³-hybridized carbons (Fsp3) is 0.176. The zero-order valence-electron chi connectivity index (χ0n) is 12.6. The van der Waals surface area contributed by atoms with Crippen molar-refractivity contribution < 1.29 is 9.53 Å². The van der Waals surface area contributed by atoms with Crippen molar-refractivity contribution in [3.8, 4) is 5.75 Å². The van der Waals surface area contributed by atoms with Crippen molar-refractivity contribution in [2.24, 2.45) is 0 Å². The summed E-state index contributed by atoms with van der Waals surface area (Å²) in [6.45, 7) is 3.55. The maximum atomic E-state index is 11.8. The predicted octanol–water partition coefficient (Wildman–Crippen LogP) is 4.73. The molecule has 0 saturated heterocycles. The fourth-order valence-corrected chi connectivity index (χ4v) is 3.02. The van der Waals surface area contributed by atoms with Gasteiger partial charge in [0.2, 0.25) is 0 Å². The molecule has 2 aromatic heterocycles. The molecule has 3 aromatic rings. The zero-order chi connectivity index (χ0) is 16.6. The van der Waals surface area contributed by atoms with Crippen LogP contribution < -0.4 is 4.74 Å². The van der Waals surface area contributed by atoms with Gasteiger partial charge in [0.05, 0.1) is 5.69 Å². The number of nitrogens with zero attached hydrogens (tertiary/aromatic N) is 2. The molecule has 0 aliphatic heterocycles. The number of rotatable bonds is 4. The maximum absolute atomic E-state index is 11.8. The largest absolute Gasteiger partial charge is 0.485 e. The number of fused-ring (bicyclic) bond motifs is 1. The van der Waals surface area contributed by atoms with Gasteiger partial charge >= 0.3 is 0 Å². The first-order valence-electron chi connectivity index (χ1n) is 7.03. The summed E-state index contributed by atoms with van der Waals surface area (Å²) >= 11 is 12.3. The highest BCUT2D eigenvalue weighted by molar-refractivity contribution is 6.35. The molecule has 4 nitrogen and oxygen atoms in total. The second-order valence-electron chi connectivity index (χ2n) is 5.16. The summed E-state index contributed by atoms with van der Waals surface area (Å²) in [4.78, 5) is 16.2. The van der Waals surface area contributed by atoms with Gasteiger partial charge in [-0.05, 0) is 31.2 Å². The van der Waals surface area contributed by atoms with Gasteiger partial charge in [-0.15, -0.1) is 0 Å². The molecule has 0 saturated carbocycles. The maximum Gasteiger partial charge on any atom is 0.180 e. The lowest BCUT2D eigenvalue weighted by atomic mass is 10.2. The summed E-state index contributed by atoms with van der Waals surface area (Å²) in [5, 5.41) is 1.10. The molecule has 0 amide bonds. The Labute approximate surface area is 143 Å². The van der Waals surface area contributed by atoms with Crippen LogP contribution in [0.2, 0.25) is 10.0 Å². The molecular formula is C17H14Cl2N2O2. The van der Waals surface area contributed by atoms with Gasteiger partial charge in [-0.2, -0.15) is 0 Å². The van der Waals surface area contributed by atoms with Crippen LogP contribution in [0.5, 0.6) is 5.75 Å². The van der Waals surface area contributed by atoms with Gasteiger partial charge in [0.15, 0.2) is 17.2 Å². The number of imidazole rings is 1. The van der Waals surface area contributed by atoms with E-state index in [-0.39, 0.29) is 12.4 Å². The molecular weight excluding hydrogens is 335 g/mol. The Morgan fingerprint density at radius 2 is 1.91 bits per heavy atom. The van der Waals surface area contributed by atoms with Gasteiger partial charge < -0.3 is 4.74 Å².